The molecule has 1 fully saturated rings. The molecule has 0 saturated carbocycles. The fourth-order valence-electron chi connectivity index (χ4n) is 6.44. The van der Waals surface area contributed by atoms with Crippen LogP contribution in [0.25, 0.3) is 22.2 Å². The van der Waals surface area contributed by atoms with Gasteiger partial charge in [-0.05, 0) is 78.0 Å². The van der Waals surface area contributed by atoms with Gasteiger partial charge in [0.25, 0.3) is 6.43 Å². The molecule has 8 heteroatoms. The molecule has 2 aliphatic rings. The third-order valence-corrected chi connectivity index (χ3v) is 8.35. The van der Waals surface area contributed by atoms with Crippen LogP contribution in [0.15, 0.2) is 41.5 Å². The van der Waals surface area contributed by atoms with Crippen LogP contribution in [0.1, 0.15) is 71.8 Å². The van der Waals surface area contributed by atoms with Gasteiger partial charge < -0.3 is 4.74 Å². The molecule has 6 rings (SSSR count). The average molecular weight is 507 g/mol. The highest BCUT2D eigenvalue weighted by Gasteiger charge is 2.29. The summed E-state index contributed by atoms with van der Waals surface area (Å²) in [6, 6.07) is 8.04. The Morgan fingerprint density at radius 1 is 1.00 bits per heavy atom. The van der Waals surface area contributed by atoms with Crippen LogP contribution >= 0.6 is 0 Å². The van der Waals surface area contributed by atoms with Crippen molar-refractivity contribution in [1.82, 2.24) is 18.9 Å². The van der Waals surface area contributed by atoms with E-state index in [4.69, 9.17) is 4.74 Å². The second-order valence-electron chi connectivity index (χ2n) is 10.6. The standard InChI is InChI=1S/C29H32F2N4O2/c1-33-16-20(15-32-33)22-11-18-5-4-6-21(23(18)14-25(22)28(30)31)19-12-24(17-7-9-37-10-8-17)27-26(13-19)34(2)29(36)35(27)3/h11-17,21,28H,4-10H2,1-3H3. The minimum atomic E-state index is -2.58. The Kier molecular flexibility index (Phi) is 6.02. The predicted molar refractivity (Wildman–Crippen MR) is 139 cm³/mol. The fraction of sp³-hybridized carbons (Fsp3) is 0.448. The summed E-state index contributed by atoms with van der Waals surface area (Å²) in [5.41, 5.74) is 7.52. The summed E-state index contributed by atoms with van der Waals surface area (Å²) >= 11 is 0. The maximum absolute atomic E-state index is 14.4. The number of aromatic nitrogens is 4. The van der Waals surface area contributed by atoms with Gasteiger partial charge >= 0.3 is 5.69 Å². The van der Waals surface area contributed by atoms with E-state index in [2.05, 4.69) is 17.2 Å². The van der Waals surface area contributed by atoms with E-state index in [9.17, 15) is 13.6 Å². The lowest BCUT2D eigenvalue weighted by atomic mass is 9.76. The van der Waals surface area contributed by atoms with Gasteiger partial charge in [0.05, 0.1) is 17.2 Å². The molecule has 0 bridgehead atoms. The summed E-state index contributed by atoms with van der Waals surface area (Å²) in [6.07, 6.45) is 5.41. The van der Waals surface area contributed by atoms with Crippen molar-refractivity contribution in [2.24, 2.45) is 21.1 Å². The van der Waals surface area contributed by atoms with Gasteiger partial charge in [0, 0.05) is 57.6 Å². The van der Waals surface area contributed by atoms with Crippen LogP contribution in [0.5, 0.6) is 0 Å². The molecule has 1 unspecified atom stereocenters. The minimum Gasteiger partial charge on any atom is -0.381 e. The van der Waals surface area contributed by atoms with E-state index in [-0.39, 0.29) is 17.2 Å². The van der Waals surface area contributed by atoms with Gasteiger partial charge in [0.1, 0.15) is 0 Å². The fourth-order valence-corrected chi connectivity index (χ4v) is 6.44. The summed E-state index contributed by atoms with van der Waals surface area (Å²) < 4.78 is 39.4. The molecule has 0 radical (unpaired) electrons. The number of imidazole rings is 1. The lowest BCUT2D eigenvalue weighted by Gasteiger charge is -2.30. The van der Waals surface area contributed by atoms with Gasteiger partial charge in [0.2, 0.25) is 0 Å². The van der Waals surface area contributed by atoms with E-state index < -0.39 is 6.43 Å². The molecule has 0 spiro atoms. The number of ether oxygens (including phenoxy) is 1. The molecule has 194 valence electrons. The molecule has 3 heterocycles. The molecule has 0 amide bonds. The molecule has 4 aromatic rings. The Balaban J connectivity index is 1.53. The number of alkyl halides is 2. The highest BCUT2D eigenvalue weighted by molar-refractivity contribution is 5.82. The molecule has 37 heavy (non-hydrogen) atoms. The van der Waals surface area contributed by atoms with Crippen molar-refractivity contribution in [2.45, 2.75) is 50.4 Å². The van der Waals surface area contributed by atoms with Crippen LogP contribution in [0.2, 0.25) is 0 Å². The van der Waals surface area contributed by atoms with Crippen molar-refractivity contribution in [1.29, 1.82) is 0 Å². The van der Waals surface area contributed by atoms with Crippen molar-refractivity contribution in [3.05, 3.63) is 75.0 Å². The number of fused-ring (bicyclic) bond motifs is 2. The first-order valence-corrected chi connectivity index (χ1v) is 13.0. The zero-order valence-corrected chi connectivity index (χ0v) is 21.5. The second kappa shape index (κ2) is 9.24. The highest BCUT2D eigenvalue weighted by atomic mass is 19.3. The van der Waals surface area contributed by atoms with Crippen LogP contribution < -0.4 is 5.69 Å². The molecule has 2 aromatic heterocycles. The Bertz CT molecular complexity index is 1540. The molecule has 1 atom stereocenters. The van der Waals surface area contributed by atoms with Gasteiger partial charge in [-0.3, -0.25) is 13.8 Å². The number of rotatable bonds is 4. The second-order valence-corrected chi connectivity index (χ2v) is 10.6. The predicted octanol–water partition coefficient (Wildman–Crippen LogP) is 5.58. The molecule has 2 aromatic carbocycles. The SMILES string of the molecule is Cn1cc(-c2cc3c(cc2C(F)F)C(c2cc(C4CCOCC4)c4c(c2)n(C)c(=O)n4C)CCC3)cn1. The van der Waals surface area contributed by atoms with Crippen LogP contribution in [-0.4, -0.2) is 32.1 Å². The van der Waals surface area contributed by atoms with Gasteiger partial charge in [-0.2, -0.15) is 5.10 Å². The minimum absolute atomic E-state index is 0.00231. The zero-order valence-electron chi connectivity index (χ0n) is 21.5. The molecule has 0 N–H and O–H groups in total. The normalized spacial score (nSPS) is 18.6. The number of nitrogens with zero attached hydrogens (tertiary/aromatic N) is 4. The van der Waals surface area contributed by atoms with Crippen molar-refractivity contribution < 1.29 is 13.5 Å². The highest BCUT2D eigenvalue weighted by Crippen LogP contribution is 2.44. The summed E-state index contributed by atoms with van der Waals surface area (Å²) in [7, 11) is 5.44. The maximum atomic E-state index is 14.4. The molecule has 1 saturated heterocycles. The summed E-state index contributed by atoms with van der Waals surface area (Å²) in [4.78, 5) is 12.9. The zero-order chi connectivity index (χ0) is 25.8. The van der Waals surface area contributed by atoms with Gasteiger partial charge in [-0.1, -0.05) is 12.1 Å². The summed E-state index contributed by atoms with van der Waals surface area (Å²) in [5.74, 6) is 0.305. The van der Waals surface area contributed by atoms with Gasteiger partial charge in [-0.15, -0.1) is 0 Å². The first kappa shape index (κ1) is 24.1. The van der Waals surface area contributed by atoms with E-state index in [0.29, 0.717) is 30.3 Å². The number of aryl methyl sites for hydroxylation is 4. The largest absolute Gasteiger partial charge is 0.381 e. The third-order valence-electron chi connectivity index (χ3n) is 8.35. The number of hydrogen-bond acceptors (Lipinski definition) is 3. The Morgan fingerprint density at radius 3 is 2.49 bits per heavy atom. The molecular formula is C29H32F2N4O2. The van der Waals surface area contributed by atoms with Crippen LogP contribution in [0, 0.1) is 0 Å². The van der Waals surface area contributed by atoms with Crippen molar-refractivity contribution in [3.8, 4) is 11.1 Å². The molecule has 1 aliphatic carbocycles. The first-order valence-electron chi connectivity index (χ1n) is 13.0. The van der Waals surface area contributed by atoms with Gasteiger partial charge in [-0.25, -0.2) is 13.6 Å². The van der Waals surface area contributed by atoms with Crippen LogP contribution in [0.4, 0.5) is 8.78 Å². The van der Waals surface area contributed by atoms with Crippen molar-refractivity contribution in [3.63, 3.8) is 0 Å². The maximum Gasteiger partial charge on any atom is 0.328 e. The topological polar surface area (TPSA) is 54.0 Å². The van der Waals surface area contributed by atoms with Crippen molar-refractivity contribution in [2.75, 3.05) is 13.2 Å². The quantitative estimate of drug-likeness (QED) is 0.363. The lowest BCUT2D eigenvalue weighted by molar-refractivity contribution is 0.0855. The number of hydrogen-bond donors (Lipinski definition) is 0. The van der Waals surface area contributed by atoms with Crippen LogP contribution in [-0.2, 0) is 32.3 Å². The van der Waals surface area contributed by atoms with E-state index >= 15 is 0 Å². The Morgan fingerprint density at radius 2 is 1.78 bits per heavy atom. The van der Waals surface area contributed by atoms with Gasteiger partial charge in [0.15, 0.2) is 0 Å². The van der Waals surface area contributed by atoms with Crippen molar-refractivity contribution >= 4 is 11.0 Å². The van der Waals surface area contributed by atoms with E-state index in [1.165, 1.54) is 5.56 Å². The van der Waals surface area contributed by atoms with E-state index in [1.54, 1.807) is 39.3 Å². The number of halogens is 2. The van der Waals surface area contributed by atoms with E-state index in [1.807, 2.05) is 20.2 Å². The first-order chi connectivity index (χ1) is 17.8. The molecule has 6 nitrogen and oxygen atoms in total. The molecular weight excluding hydrogens is 474 g/mol. The smallest absolute Gasteiger partial charge is 0.328 e. The summed E-state index contributed by atoms with van der Waals surface area (Å²) in [5, 5.41) is 4.20. The monoisotopic (exact) mass is 506 g/mol. The Labute approximate surface area is 214 Å². The van der Waals surface area contributed by atoms with Crippen LogP contribution in [0.3, 0.4) is 0 Å². The third kappa shape index (κ3) is 4.02. The lowest BCUT2D eigenvalue weighted by Crippen LogP contribution is -2.20. The number of benzene rings is 2. The summed E-state index contributed by atoms with van der Waals surface area (Å²) in [6.45, 7) is 1.41. The Hall–Kier alpha value is -3.26. The van der Waals surface area contributed by atoms with E-state index in [0.717, 1.165) is 59.8 Å². The molecule has 1 aliphatic heterocycles. The average Bonchev–Trinajstić information content (AvgIpc) is 3.44.